The molecule has 0 radical (unpaired) electrons. The minimum Gasteiger partial charge on any atom is -0.447 e. The van der Waals surface area contributed by atoms with Crippen LogP contribution in [0.15, 0.2) is 15.7 Å². The summed E-state index contributed by atoms with van der Waals surface area (Å²) in [5.74, 6) is -1.73. The molecule has 0 aliphatic rings. The number of esters is 2. The molecule has 1 heterocycles. The molecule has 0 saturated carbocycles. The van der Waals surface area contributed by atoms with E-state index in [0.29, 0.717) is 19.4 Å². The van der Waals surface area contributed by atoms with Crippen molar-refractivity contribution in [2.45, 2.75) is 70.9 Å². The highest BCUT2D eigenvalue weighted by atomic mass is 16.6. The Bertz CT molecular complexity index is 827. The highest BCUT2D eigenvalue weighted by Gasteiger charge is 2.33. The van der Waals surface area contributed by atoms with Crippen LogP contribution in [-0.2, 0) is 19.7 Å². The number of aliphatic imine (C=N–C) groups is 1. The Hall–Kier alpha value is -3.15. The average molecular weight is 455 g/mol. The zero-order chi connectivity index (χ0) is 24.5. The molecule has 1 amide bonds. The lowest BCUT2D eigenvalue weighted by Crippen LogP contribution is -2.41. The molecule has 32 heavy (non-hydrogen) atoms. The molecule has 0 fully saturated rings. The number of hydrogen-bond donors (Lipinski definition) is 4. The molecule has 0 bridgehead atoms. The monoisotopic (exact) mass is 454 g/mol. The number of nitrogens with zero attached hydrogens (tertiary/aromatic N) is 2. The summed E-state index contributed by atoms with van der Waals surface area (Å²) in [7, 11) is 0. The van der Waals surface area contributed by atoms with E-state index in [9.17, 15) is 14.4 Å². The Kier molecular flexibility index (Phi) is 9.63. The van der Waals surface area contributed by atoms with Gasteiger partial charge in [-0.25, -0.2) is 19.4 Å². The van der Waals surface area contributed by atoms with Crippen LogP contribution in [0.1, 0.15) is 70.3 Å². The fraction of sp³-hybridized carbons (Fsp3) is 0.650. The van der Waals surface area contributed by atoms with Crippen LogP contribution in [0.2, 0.25) is 0 Å². The lowest BCUT2D eigenvalue weighted by molar-refractivity contribution is -0.139. The predicted molar refractivity (Wildman–Crippen MR) is 117 cm³/mol. The summed E-state index contributed by atoms with van der Waals surface area (Å²) in [5, 5.41) is 2.67. The maximum absolute atomic E-state index is 12.3. The van der Waals surface area contributed by atoms with Crippen LogP contribution in [0.25, 0.3) is 0 Å². The number of nitrogens with one attached hydrogen (secondary N) is 1. The van der Waals surface area contributed by atoms with Crippen LogP contribution in [0.4, 0.5) is 4.79 Å². The van der Waals surface area contributed by atoms with E-state index in [0.717, 1.165) is 6.26 Å². The smallest absolute Gasteiger partial charge is 0.407 e. The van der Waals surface area contributed by atoms with Gasteiger partial charge in [-0.3, -0.25) is 4.99 Å². The van der Waals surface area contributed by atoms with Crippen molar-refractivity contribution in [3.05, 3.63) is 17.8 Å². The van der Waals surface area contributed by atoms with Gasteiger partial charge in [-0.15, -0.1) is 0 Å². The Balaban J connectivity index is 2.69. The van der Waals surface area contributed by atoms with Crippen molar-refractivity contribution in [3.63, 3.8) is 0 Å². The second kappa shape index (κ2) is 11.5. The highest BCUT2D eigenvalue weighted by molar-refractivity contribution is 5.96. The largest absolute Gasteiger partial charge is 0.447 e. The van der Waals surface area contributed by atoms with Gasteiger partial charge in [0.15, 0.2) is 11.7 Å². The molecule has 0 unspecified atom stereocenters. The first-order chi connectivity index (χ1) is 14.8. The van der Waals surface area contributed by atoms with Gasteiger partial charge in [0.25, 0.3) is 0 Å². The Morgan fingerprint density at radius 1 is 1.25 bits per heavy atom. The molecule has 0 aliphatic heterocycles. The van der Waals surface area contributed by atoms with Gasteiger partial charge < -0.3 is 36.4 Å². The molecular weight excluding hydrogens is 420 g/mol. The number of carbonyl (C=O) groups is 3. The zero-order valence-electron chi connectivity index (χ0n) is 19.3. The minimum atomic E-state index is -1.02. The molecule has 0 aliphatic carbocycles. The van der Waals surface area contributed by atoms with Gasteiger partial charge in [-0.05, 0) is 47.0 Å². The van der Waals surface area contributed by atoms with Crippen molar-refractivity contribution in [2.75, 3.05) is 13.1 Å². The summed E-state index contributed by atoms with van der Waals surface area (Å²) >= 11 is 0. The molecule has 0 spiro atoms. The topological polar surface area (TPSA) is 198 Å². The number of nitrogens with two attached hydrogens (primary N) is 3. The minimum absolute atomic E-state index is 0.0569. The molecule has 2 atom stereocenters. The van der Waals surface area contributed by atoms with Crippen molar-refractivity contribution >= 4 is 24.0 Å². The molecule has 12 nitrogen and oxygen atoms in total. The number of oxazole rings is 1. The highest BCUT2D eigenvalue weighted by Crippen LogP contribution is 2.26. The summed E-state index contributed by atoms with van der Waals surface area (Å²) in [6.45, 7) is 9.43. The predicted octanol–water partition coefficient (Wildman–Crippen LogP) is 0.931. The van der Waals surface area contributed by atoms with Crippen LogP contribution >= 0.6 is 0 Å². The number of alkyl carbamates (subject to hydrolysis) is 1. The number of hydrogen-bond acceptors (Lipinski definition) is 9. The molecule has 1 rings (SSSR count). The van der Waals surface area contributed by atoms with E-state index < -0.39 is 35.1 Å². The van der Waals surface area contributed by atoms with Gasteiger partial charge in [0.1, 0.15) is 17.9 Å². The van der Waals surface area contributed by atoms with Gasteiger partial charge in [0.05, 0.1) is 5.41 Å². The molecular formula is C20H34N6O6. The second-order valence-corrected chi connectivity index (χ2v) is 8.57. The average Bonchev–Trinajstić information content (AvgIpc) is 3.18. The van der Waals surface area contributed by atoms with Gasteiger partial charge >= 0.3 is 18.0 Å². The first kappa shape index (κ1) is 26.9. The first-order valence-corrected chi connectivity index (χ1v) is 10.3. The summed E-state index contributed by atoms with van der Waals surface area (Å²) in [5.41, 5.74) is 14.6. The van der Waals surface area contributed by atoms with Crippen LogP contribution in [-0.4, -0.2) is 53.7 Å². The zero-order valence-corrected chi connectivity index (χ0v) is 19.3. The van der Waals surface area contributed by atoms with E-state index in [1.165, 1.54) is 0 Å². The van der Waals surface area contributed by atoms with Gasteiger partial charge in [-0.2, -0.15) is 0 Å². The molecule has 0 saturated heterocycles. The second-order valence-electron chi connectivity index (χ2n) is 8.57. The van der Waals surface area contributed by atoms with E-state index in [1.807, 2.05) is 13.8 Å². The van der Waals surface area contributed by atoms with E-state index in [2.05, 4.69) is 15.3 Å². The van der Waals surface area contributed by atoms with Gasteiger partial charge in [0, 0.05) is 13.1 Å². The number of carbonyl (C=O) groups excluding carboxylic acids is 3. The lowest BCUT2D eigenvalue weighted by atomic mass is 9.87. The third-order valence-corrected chi connectivity index (χ3v) is 4.50. The van der Waals surface area contributed by atoms with Crippen LogP contribution in [0.5, 0.6) is 0 Å². The number of ether oxygens (including phenoxy) is 2. The number of rotatable bonds is 10. The maximum Gasteiger partial charge on any atom is 0.407 e. The van der Waals surface area contributed by atoms with Crippen molar-refractivity contribution in [1.29, 1.82) is 0 Å². The fourth-order valence-corrected chi connectivity index (χ4v) is 2.43. The lowest BCUT2D eigenvalue weighted by Gasteiger charge is -2.26. The number of aromatic nitrogens is 1. The summed E-state index contributed by atoms with van der Waals surface area (Å²) in [6.07, 6.45) is 1.73. The van der Waals surface area contributed by atoms with Crippen molar-refractivity contribution in [2.24, 2.45) is 22.2 Å². The molecule has 1 aromatic heterocycles. The third kappa shape index (κ3) is 8.92. The Labute approximate surface area is 187 Å². The molecule has 1 aromatic rings. The van der Waals surface area contributed by atoms with E-state index >= 15 is 0 Å². The molecule has 180 valence electrons. The SMILES string of the molecule is CC[C@@](C)(CNC(=O)OC(C)(C)C)c1nc(C(=O)OC(=O)[C@@H](N)CCCN=C(N)N)co1. The molecule has 7 N–H and O–H groups in total. The van der Waals surface area contributed by atoms with Crippen LogP contribution < -0.4 is 22.5 Å². The quantitative estimate of drug-likeness (QED) is 0.130. The third-order valence-electron chi connectivity index (χ3n) is 4.50. The van der Waals surface area contributed by atoms with Gasteiger partial charge in [0.2, 0.25) is 5.89 Å². The summed E-state index contributed by atoms with van der Waals surface area (Å²) < 4.78 is 15.4. The van der Waals surface area contributed by atoms with Crippen LogP contribution in [0.3, 0.4) is 0 Å². The number of amides is 1. The normalized spacial score (nSPS) is 14.1. The fourth-order valence-electron chi connectivity index (χ4n) is 2.43. The Morgan fingerprint density at radius 2 is 1.91 bits per heavy atom. The Morgan fingerprint density at radius 3 is 2.47 bits per heavy atom. The van der Waals surface area contributed by atoms with Crippen molar-refractivity contribution in [3.8, 4) is 0 Å². The van der Waals surface area contributed by atoms with E-state index in [1.54, 1.807) is 20.8 Å². The molecule has 12 heteroatoms. The maximum atomic E-state index is 12.3. The molecule has 0 aromatic carbocycles. The van der Waals surface area contributed by atoms with Crippen LogP contribution in [0, 0.1) is 0 Å². The van der Waals surface area contributed by atoms with Crippen molar-refractivity contribution < 1.29 is 28.3 Å². The first-order valence-electron chi connectivity index (χ1n) is 10.3. The van der Waals surface area contributed by atoms with E-state index in [4.69, 9.17) is 31.1 Å². The van der Waals surface area contributed by atoms with Crippen molar-refractivity contribution in [1.82, 2.24) is 10.3 Å². The van der Waals surface area contributed by atoms with E-state index in [-0.39, 0.29) is 30.5 Å². The van der Waals surface area contributed by atoms with Gasteiger partial charge in [-0.1, -0.05) is 6.92 Å². The standard InChI is InChI=1S/C20H34N6O6/c1-6-20(5,11-25-18(29)32-19(2,3)4)16-26-13(10-30-16)15(28)31-14(27)12(21)8-7-9-24-17(22)23/h10,12H,6-9,11,21H2,1-5H3,(H,25,29)(H4,22,23,24)/t12-,20-/m0/s1. The summed E-state index contributed by atoms with van der Waals surface area (Å²) in [6, 6.07) is -1.02. The summed E-state index contributed by atoms with van der Waals surface area (Å²) in [4.78, 5) is 44.2. The number of guanidine groups is 1.